The van der Waals surface area contributed by atoms with Gasteiger partial charge in [-0.25, -0.2) is 34.9 Å². The molecule has 0 saturated carbocycles. The highest BCUT2D eigenvalue weighted by Gasteiger charge is 2.20. The van der Waals surface area contributed by atoms with Crippen molar-refractivity contribution in [3.8, 4) is 43.7 Å². The average molecular weight is 821 g/mol. The molecule has 0 spiro atoms. The van der Waals surface area contributed by atoms with E-state index in [0.29, 0.717) is 12.4 Å². The fourth-order valence-corrected chi connectivity index (χ4v) is 9.38. The Hall–Kier alpha value is -7.55. The summed E-state index contributed by atoms with van der Waals surface area (Å²) in [5.41, 5.74) is 15.4. The van der Waals surface area contributed by atoms with Crippen LogP contribution in [0.4, 0.5) is 11.6 Å². The summed E-state index contributed by atoms with van der Waals surface area (Å²) in [4.78, 5) is 35.7. The van der Waals surface area contributed by atoms with Crippen LogP contribution < -0.4 is 11.1 Å². The minimum atomic E-state index is 0.486. The molecule has 0 aliphatic heterocycles. The molecule has 8 heterocycles. The van der Waals surface area contributed by atoms with Gasteiger partial charge in [-0.15, -0.1) is 22.7 Å². The summed E-state index contributed by atoms with van der Waals surface area (Å²) in [6.07, 6.45) is 10.9. The van der Waals surface area contributed by atoms with Crippen LogP contribution >= 0.6 is 22.7 Å². The van der Waals surface area contributed by atoms with Crippen molar-refractivity contribution in [1.82, 2.24) is 48.4 Å². The fourth-order valence-electron chi connectivity index (χ4n) is 7.22. The molecule has 11 rings (SSSR count). The van der Waals surface area contributed by atoms with Crippen molar-refractivity contribution in [3.05, 3.63) is 170 Å². The number of nitrogens with one attached hydrogen (secondary N) is 1. The van der Waals surface area contributed by atoms with E-state index in [1.807, 2.05) is 103 Å². The van der Waals surface area contributed by atoms with Gasteiger partial charge in [0, 0.05) is 37.1 Å². The molecule has 11 aromatic rings. The molecular formula is C46H36N12S2. The zero-order valence-corrected chi connectivity index (χ0v) is 33.9. The number of imidazole rings is 3. The smallest absolute Gasteiger partial charge is 0.138 e. The third-order valence-electron chi connectivity index (χ3n) is 10.1. The van der Waals surface area contributed by atoms with Gasteiger partial charge in [-0.3, -0.25) is 0 Å². The molecule has 8 aromatic heterocycles. The number of hydrogen-bond acceptors (Lipinski definition) is 11. The molecule has 14 heteroatoms. The van der Waals surface area contributed by atoms with Gasteiger partial charge in [-0.1, -0.05) is 97.1 Å². The van der Waals surface area contributed by atoms with E-state index >= 15 is 0 Å². The number of nitrogen functional groups attached to an aromatic ring is 1. The molecule has 60 heavy (non-hydrogen) atoms. The topological polar surface area (TPSA) is 143 Å². The third kappa shape index (κ3) is 7.25. The zero-order valence-electron chi connectivity index (χ0n) is 32.3. The number of hydrogen-bond donors (Lipinski definition) is 2. The molecule has 0 aliphatic rings. The Bertz CT molecular complexity index is 3190. The van der Waals surface area contributed by atoms with Crippen LogP contribution in [0.15, 0.2) is 159 Å². The monoisotopic (exact) mass is 820 g/mol. The van der Waals surface area contributed by atoms with Gasteiger partial charge in [-0.05, 0) is 29.8 Å². The summed E-state index contributed by atoms with van der Waals surface area (Å²) >= 11 is 3.25. The van der Waals surface area contributed by atoms with E-state index < -0.39 is 0 Å². The Morgan fingerprint density at radius 3 is 1.97 bits per heavy atom. The van der Waals surface area contributed by atoms with E-state index in [1.54, 1.807) is 29.0 Å². The van der Waals surface area contributed by atoms with E-state index in [0.717, 1.165) is 87.8 Å². The molecule has 0 bridgehead atoms. The Labute approximate surface area is 352 Å². The first kappa shape index (κ1) is 36.8. The quantitative estimate of drug-likeness (QED) is 0.146. The number of nitrogens with zero attached hydrogens (tertiary/aromatic N) is 10. The predicted molar refractivity (Wildman–Crippen MR) is 242 cm³/mol. The molecule has 0 radical (unpaired) electrons. The maximum Gasteiger partial charge on any atom is 0.138 e. The standard InChI is InChI=1S/C23H17N7S.C23H19N5S/c24-22-17-10-18(31-23(17)26-13-25-22)21-20(15-6-2-1-3-7-15)27-14-30(21)12-16-11-29-9-5-4-8-19(29)28-16;1-28-15-27-20(17-10-6-3-7-11-17)21(28)19-12-18-22(25-14-26-23(18)29-19)24-13-16-8-4-2-5-9-16/h1-11,13-14H,12H2,(H2,24,25,26);2-12,14-15H,13H2,1H3,(H,24,25,26). The number of rotatable bonds is 9. The highest BCUT2D eigenvalue weighted by molar-refractivity contribution is 7.22. The predicted octanol–water partition coefficient (Wildman–Crippen LogP) is 9.87. The highest BCUT2D eigenvalue weighted by Crippen LogP contribution is 2.40. The van der Waals surface area contributed by atoms with Gasteiger partial charge in [-0.2, -0.15) is 0 Å². The van der Waals surface area contributed by atoms with Gasteiger partial charge in [0.1, 0.15) is 39.6 Å². The van der Waals surface area contributed by atoms with Gasteiger partial charge in [0.15, 0.2) is 0 Å². The largest absolute Gasteiger partial charge is 0.383 e. The molecule has 12 nitrogen and oxygen atoms in total. The molecule has 0 saturated heterocycles. The van der Waals surface area contributed by atoms with Crippen molar-refractivity contribution in [3.63, 3.8) is 0 Å². The molecule has 0 fully saturated rings. The second kappa shape index (κ2) is 16.0. The Balaban J connectivity index is 0.000000145. The van der Waals surface area contributed by atoms with Gasteiger partial charge in [0.25, 0.3) is 0 Å². The number of nitrogens with two attached hydrogens (primary N) is 1. The van der Waals surface area contributed by atoms with Crippen LogP contribution in [0.1, 0.15) is 11.3 Å². The summed E-state index contributed by atoms with van der Waals surface area (Å²) in [6, 6.07) is 41.0. The Kier molecular flexibility index (Phi) is 9.81. The lowest BCUT2D eigenvalue weighted by Crippen LogP contribution is -2.01. The van der Waals surface area contributed by atoms with Crippen LogP contribution in [0.25, 0.3) is 69.7 Å². The maximum atomic E-state index is 6.10. The summed E-state index contributed by atoms with van der Waals surface area (Å²) in [5.74, 6) is 1.34. The van der Waals surface area contributed by atoms with Crippen molar-refractivity contribution in [1.29, 1.82) is 0 Å². The van der Waals surface area contributed by atoms with E-state index in [1.165, 1.54) is 11.9 Å². The molecule has 292 valence electrons. The molecule has 3 N–H and O–H groups in total. The molecule has 0 aliphatic carbocycles. The van der Waals surface area contributed by atoms with Crippen LogP contribution in [-0.2, 0) is 20.1 Å². The van der Waals surface area contributed by atoms with E-state index in [9.17, 15) is 0 Å². The first-order valence-corrected chi connectivity index (χ1v) is 20.8. The molecule has 0 atom stereocenters. The molecule has 3 aromatic carbocycles. The number of pyridine rings is 1. The van der Waals surface area contributed by atoms with Gasteiger partial charge < -0.3 is 24.6 Å². The van der Waals surface area contributed by atoms with Crippen LogP contribution in [0.5, 0.6) is 0 Å². The van der Waals surface area contributed by atoms with Gasteiger partial charge >= 0.3 is 0 Å². The van der Waals surface area contributed by atoms with Crippen molar-refractivity contribution < 1.29 is 0 Å². The Morgan fingerprint density at radius 2 is 1.25 bits per heavy atom. The van der Waals surface area contributed by atoms with E-state index in [-0.39, 0.29) is 0 Å². The van der Waals surface area contributed by atoms with Gasteiger partial charge in [0.2, 0.25) is 0 Å². The van der Waals surface area contributed by atoms with Crippen LogP contribution in [0.2, 0.25) is 0 Å². The number of aromatic nitrogens is 10. The number of thiophene rings is 2. The minimum absolute atomic E-state index is 0.486. The second-order valence-corrected chi connectivity index (χ2v) is 16.1. The van der Waals surface area contributed by atoms with Gasteiger partial charge in [0.05, 0.1) is 68.2 Å². The van der Waals surface area contributed by atoms with Crippen molar-refractivity contribution in [2.45, 2.75) is 13.1 Å². The van der Waals surface area contributed by atoms with Crippen LogP contribution in [0, 0.1) is 0 Å². The summed E-state index contributed by atoms with van der Waals surface area (Å²) in [5, 5.41) is 5.35. The lowest BCUT2D eigenvalue weighted by Gasteiger charge is -2.07. The summed E-state index contributed by atoms with van der Waals surface area (Å²) < 4.78 is 6.23. The lowest BCUT2D eigenvalue weighted by atomic mass is 10.1. The highest BCUT2D eigenvalue weighted by atomic mass is 32.1. The fraction of sp³-hybridized carbons (Fsp3) is 0.0652. The second-order valence-electron chi connectivity index (χ2n) is 14.0. The average Bonchev–Trinajstić information content (AvgIpc) is 4.14. The normalized spacial score (nSPS) is 11.3. The molecular weight excluding hydrogens is 785 g/mol. The summed E-state index contributed by atoms with van der Waals surface area (Å²) in [7, 11) is 2.03. The van der Waals surface area contributed by atoms with Crippen molar-refractivity contribution in [2.24, 2.45) is 7.05 Å². The first-order chi connectivity index (χ1) is 29.6. The lowest BCUT2D eigenvalue weighted by molar-refractivity contribution is 0.787. The van der Waals surface area contributed by atoms with Crippen LogP contribution in [-0.4, -0.2) is 48.4 Å². The number of aryl methyl sites for hydroxylation is 1. The minimum Gasteiger partial charge on any atom is -0.383 e. The third-order valence-corrected chi connectivity index (χ3v) is 12.2. The van der Waals surface area contributed by atoms with Crippen molar-refractivity contribution >= 4 is 60.4 Å². The first-order valence-electron chi connectivity index (χ1n) is 19.2. The maximum absolute atomic E-state index is 6.10. The molecule has 0 amide bonds. The van der Waals surface area contributed by atoms with Crippen molar-refractivity contribution in [2.75, 3.05) is 11.1 Å². The zero-order chi connectivity index (χ0) is 40.4. The SMILES string of the molecule is Cn1cnc(-c2ccccc2)c1-c1cc2c(NCc3ccccc3)ncnc2s1.Nc1ncnc2sc(-c3c(-c4ccccc4)ncn3Cc3cn4ccccc4n3)cc12. The van der Waals surface area contributed by atoms with Crippen LogP contribution in [0.3, 0.4) is 0 Å². The van der Waals surface area contributed by atoms with E-state index in [4.69, 9.17) is 15.7 Å². The number of benzene rings is 3. The summed E-state index contributed by atoms with van der Waals surface area (Å²) in [6.45, 7) is 1.32. The number of fused-ring (bicyclic) bond motifs is 3. The molecule has 0 unspecified atom stereocenters. The Morgan fingerprint density at radius 1 is 0.633 bits per heavy atom. The van der Waals surface area contributed by atoms with E-state index in [2.05, 4.69) is 94.1 Å². The number of anilines is 2.